The van der Waals surface area contributed by atoms with Gasteiger partial charge in [0.25, 0.3) is 0 Å². The molecule has 0 aliphatic rings. The Morgan fingerprint density at radius 1 is 1.00 bits per heavy atom. The van der Waals surface area contributed by atoms with E-state index in [4.69, 9.17) is 4.74 Å². The summed E-state index contributed by atoms with van der Waals surface area (Å²) >= 11 is 0. The normalized spacial score (nSPS) is 10.3. The fourth-order valence-electron chi connectivity index (χ4n) is 1.96. The van der Waals surface area contributed by atoms with Crippen LogP contribution in [0.1, 0.15) is 15.9 Å². The smallest absolute Gasteiger partial charge is 0.341 e. The molecule has 0 unspecified atom stereocenters. The Kier molecular flexibility index (Phi) is 3.78. The quantitative estimate of drug-likeness (QED) is 0.688. The summed E-state index contributed by atoms with van der Waals surface area (Å²) in [5.41, 5.74) is 2.30. The van der Waals surface area contributed by atoms with Gasteiger partial charge >= 0.3 is 5.97 Å². The van der Waals surface area contributed by atoms with Gasteiger partial charge in [-0.2, -0.15) is 5.10 Å². The molecule has 0 amide bonds. The minimum atomic E-state index is -0.374. The summed E-state index contributed by atoms with van der Waals surface area (Å²) in [7, 11) is 0. The molecule has 1 aromatic heterocycles. The van der Waals surface area contributed by atoms with Crippen LogP contribution in [-0.4, -0.2) is 15.7 Å². The van der Waals surface area contributed by atoms with Crippen LogP contribution in [0.4, 0.5) is 0 Å². The lowest BCUT2D eigenvalue weighted by molar-refractivity contribution is 0.0472. The molecule has 0 aliphatic carbocycles. The van der Waals surface area contributed by atoms with Crippen LogP contribution in [0, 0.1) is 0 Å². The summed E-state index contributed by atoms with van der Waals surface area (Å²) in [6.45, 7) is 0.260. The van der Waals surface area contributed by atoms with Gasteiger partial charge in [-0.05, 0) is 17.7 Å². The summed E-state index contributed by atoms with van der Waals surface area (Å²) in [6.07, 6.45) is 3.18. The molecule has 4 heteroatoms. The third-order valence-corrected chi connectivity index (χ3v) is 3.05. The zero-order valence-electron chi connectivity index (χ0n) is 11.3. The maximum absolute atomic E-state index is 12.0. The number of carbonyl (C=O) groups is 1. The van der Waals surface area contributed by atoms with E-state index in [0.29, 0.717) is 5.56 Å². The first-order chi connectivity index (χ1) is 10.3. The molecular formula is C17H14N2O2. The van der Waals surface area contributed by atoms with Crippen molar-refractivity contribution >= 4 is 5.97 Å². The van der Waals surface area contributed by atoms with Crippen molar-refractivity contribution in [2.45, 2.75) is 6.61 Å². The summed E-state index contributed by atoms with van der Waals surface area (Å²) in [5.74, 6) is -0.374. The number of ether oxygens (including phenoxy) is 1. The van der Waals surface area contributed by atoms with Crippen molar-refractivity contribution in [3.8, 4) is 5.69 Å². The topological polar surface area (TPSA) is 44.1 Å². The van der Waals surface area contributed by atoms with E-state index < -0.39 is 0 Å². The maximum atomic E-state index is 12.0. The molecule has 0 N–H and O–H groups in total. The van der Waals surface area contributed by atoms with Gasteiger partial charge in [0.2, 0.25) is 0 Å². The summed E-state index contributed by atoms with van der Waals surface area (Å²) in [6, 6.07) is 19.2. The second-order valence-electron chi connectivity index (χ2n) is 4.57. The number of carbonyl (C=O) groups excluding carboxylic acids is 1. The Hall–Kier alpha value is -2.88. The summed E-state index contributed by atoms with van der Waals surface area (Å²) < 4.78 is 6.92. The molecule has 0 bridgehead atoms. The first-order valence-electron chi connectivity index (χ1n) is 6.64. The highest BCUT2D eigenvalue weighted by Crippen LogP contribution is 2.10. The highest BCUT2D eigenvalue weighted by molar-refractivity contribution is 5.88. The van der Waals surface area contributed by atoms with Crippen LogP contribution in [0.15, 0.2) is 73.1 Å². The average Bonchev–Trinajstić information content (AvgIpc) is 3.04. The molecule has 21 heavy (non-hydrogen) atoms. The SMILES string of the molecule is O=C(OCc1ccccc1)c1cnn(-c2ccccc2)c1. The van der Waals surface area contributed by atoms with Crippen molar-refractivity contribution in [2.75, 3.05) is 0 Å². The average molecular weight is 278 g/mol. The molecule has 0 saturated carbocycles. The number of esters is 1. The second-order valence-corrected chi connectivity index (χ2v) is 4.57. The molecule has 0 saturated heterocycles. The van der Waals surface area contributed by atoms with E-state index in [1.807, 2.05) is 60.7 Å². The van der Waals surface area contributed by atoms with Crippen LogP contribution >= 0.6 is 0 Å². The molecule has 3 aromatic rings. The molecule has 0 radical (unpaired) electrons. The maximum Gasteiger partial charge on any atom is 0.341 e. The van der Waals surface area contributed by atoms with E-state index in [1.54, 1.807) is 10.9 Å². The molecule has 0 atom stereocenters. The largest absolute Gasteiger partial charge is 0.457 e. The number of para-hydroxylation sites is 1. The number of rotatable bonds is 4. The van der Waals surface area contributed by atoms with Crippen LogP contribution in [0.2, 0.25) is 0 Å². The molecule has 104 valence electrons. The standard InChI is InChI=1S/C17H14N2O2/c20-17(21-13-14-7-3-1-4-8-14)15-11-18-19(12-15)16-9-5-2-6-10-16/h1-12H,13H2. The third-order valence-electron chi connectivity index (χ3n) is 3.05. The minimum absolute atomic E-state index is 0.260. The Balaban J connectivity index is 1.67. The number of hydrogen-bond acceptors (Lipinski definition) is 3. The van der Waals surface area contributed by atoms with Crippen LogP contribution in [0.25, 0.3) is 5.69 Å². The van der Waals surface area contributed by atoms with Gasteiger partial charge in [0.05, 0.1) is 17.4 Å². The zero-order valence-corrected chi connectivity index (χ0v) is 11.3. The first-order valence-corrected chi connectivity index (χ1v) is 6.64. The highest BCUT2D eigenvalue weighted by atomic mass is 16.5. The van der Waals surface area contributed by atoms with Gasteiger partial charge in [0.1, 0.15) is 6.61 Å². The predicted octanol–water partition coefficient (Wildman–Crippen LogP) is 3.23. The lowest BCUT2D eigenvalue weighted by atomic mass is 10.2. The zero-order chi connectivity index (χ0) is 14.5. The molecule has 0 fully saturated rings. The predicted molar refractivity (Wildman–Crippen MR) is 79.1 cm³/mol. The van der Waals surface area contributed by atoms with E-state index >= 15 is 0 Å². The summed E-state index contributed by atoms with van der Waals surface area (Å²) in [4.78, 5) is 12.0. The molecule has 2 aromatic carbocycles. The van der Waals surface area contributed by atoms with E-state index in [2.05, 4.69) is 5.10 Å². The highest BCUT2D eigenvalue weighted by Gasteiger charge is 2.10. The van der Waals surface area contributed by atoms with Gasteiger partial charge in [-0.15, -0.1) is 0 Å². The first kappa shape index (κ1) is 13.1. The molecule has 1 heterocycles. The second kappa shape index (κ2) is 6.05. The van der Waals surface area contributed by atoms with Crippen molar-refractivity contribution in [3.05, 3.63) is 84.2 Å². The lowest BCUT2D eigenvalue weighted by Gasteiger charge is -2.03. The number of aromatic nitrogens is 2. The van der Waals surface area contributed by atoms with Gasteiger partial charge in [0, 0.05) is 6.20 Å². The van der Waals surface area contributed by atoms with Crippen LogP contribution in [0.5, 0.6) is 0 Å². The Morgan fingerprint density at radius 2 is 1.67 bits per heavy atom. The Labute approximate surface area is 122 Å². The molecule has 3 rings (SSSR count). The molecular weight excluding hydrogens is 264 g/mol. The van der Waals surface area contributed by atoms with Crippen molar-refractivity contribution in [3.63, 3.8) is 0 Å². The van der Waals surface area contributed by atoms with Gasteiger partial charge in [-0.3, -0.25) is 0 Å². The van der Waals surface area contributed by atoms with Crippen molar-refractivity contribution in [2.24, 2.45) is 0 Å². The fraction of sp³-hybridized carbons (Fsp3) is 0.0588. The number of hydrogen-bond donors (Lipinski definition) is 0. The van der Waals surface area contributed by atoms with Crippen LogP contribution in [-0.2, 0) is 11.3 Å². The van der Waals surface area contributed by atoms with Gasteiger partial charge in [0.15, 0.2) is 0 Å². The lowest BCUT2D eigenvalue weighted by Crippen LogP contribution is -2.04. The molecule has 0 aliphatic heterocycles. The van der Waals surface area contributed by atoms with Gasteiger partial charge in [-0.1, -0.05) is 48.5 Å². The van der Waals surface area contributed by atoms with Crippen molar-refractivity contribution in [1.82, 2.24) is 9.78 Å². The monoisotopic (exact) mass is 278 g/mol. The van der Waals surface area contributed by atoms with Crippen molar-refractivity contribution < 1.29 is 9.53 Å². The van der Waals surface area contributed by atoms with Crippen LogP contribution in [0.3, 0.4) is 0 Å². The van der Waals surface area contributed by atoms with Gasteiger partial charge in [-0.25, -0.2) is 9.48 Å². The Bertz CT molecular complexity index is 721. The molecule has 0 spiro atoms. The third kappa shape index (κ3) is 3.17. The number of benzene rings is 2. The van der Waals surface area contributed by atoms with Crippen molar-refractivity contribution in [1.29, 1.82) is 0 Å². The Morgan fingerprint density at radius 3 is 2.38 bits per heavy atom. The van der Waals surface area contributed by atoms with Crippen LogP contribution < -0.4 is 0 Å². The van der Waals surface area contributed by atoms with Gasteiger partial charge < -0.3 is 4.74 Å². The fourth-order valence-corrected chi connectivity index (χ4v) is 1.96. The van der Waals surface area contributed by atoms with E-state index in [9.17, 15) is 4.79 Å². The minimum Gasteiger partial charge on any atom is -0.457 e. The van der Waals surface area contributed by atoms with E-state index in [-0.39, 0.29) is 12.6 Å². The van der Waals surface area contributed by atoms with E-state index in [0.717, 1.165) is 11.3 Å². The number of nitrogens with zero attached hydrogens (tertiary/aromatic N) is 2. The van der Waals surface area contributed by atoms with E-state index in [1.165, 1.54) is 6.20 Å². The summed E-state index contributed by atoms with van der Waals surface area (Å²) in [5, 5.41) is 4.18. The molecule has 4 nitrogen and oxygen atoms in total.